The van der Waals surface area contributed by atoms with Crippen molar-refractivity contribution >= 4 is 17.7 Å². The summed E-state index contributed by atoms with van der Waals surface area (Å²) in [5, 5.41) is 6.96. The molecule has 0 aliphatic carbocycles. The van der Waals surface area contributed by atoms with Gasteiger partial charge in [0.1, 0.15) is 5.75 Å². The molecule has 0 saturated heterocycles. The Labute approximate surface area is 117 Å². The summed E-state index contributed by atoms with van der Waals surface area (Å²) < 4.78 is 6.74. The van der Waals surface area contributed by atoms with Crippen molar-refractivity contribution in [2.45, 2.75) is 6.92 Å². The smallest absolute Gasteiger partial charge is 0.248 e. The maximum Gasteiger partial charge on any atom is 0.248 e. The van der Waals surface area contributed by atoms with Crippen LogP contribution >= 0.6 is 0 Å². The lowest BCUT2D eigenvalue weighted by atomic mass is 10.2. The third-order valence-corrected chi connectivity index (χ3v) is 2.81. The number of carbonyl (C=O) groups excluding carboxylic acids is 1. The normalized spacial score (nSPS) is 10.8. The molecule has 0 atom stereocenters. The summed E-state index contributed by atoms with van der Waals surface area (Å²) in [6, 6.07) is 7.47. The van der Waals surface area contributed by atoms with Crippen molar-refractivity contribution in [2.75, 3.05) is 12.4 Å². The molecule has 1 aromatic heterocycles. The molecule has 5 nitrogen and oxygen atoms in total. The second kappa shape index (κ2) is 6.06. The Morgan fingerprint density at radius 2 is 2.05 bits per heavy atom. The molecule has 1 amide bonds. The summed E-state index contributed by atoms with van der Waals surface area (Å²) in [6.07, 6.45) is 5.02. The standard InChI is InChI=1S/C15H17N3O2/c1-11-14(10-18(2)17-11)16-15(19)9-6-12-4-7-13(20-3)8-5-12/h4-10H,1-3H3,(H,16,19)/b9-6+. The minimum Gasteiger partial charge on any atom is -0.497 e. The van der Waals surface area contributed by atoms with Gasteiger partial charge in [0, 0.05) is 19.3 Å². The highest BCUT2D eigenvalue weighted by molar-refractivity contribution is 6.02. The van der Waals surface area contributed by atoms with Crippen LogP contribution in [0.5, 0.6) is 5.75 Å². The first-order valence-corrected chi connectivity index (χ1v) is 6.22. The number of hydrogen-bond donors (Lipinski definition) is 1. The van der Waals surface area contributed by atoms with Crippen LogP contribution in [-0.2, 0) is 11.8 Å². The van der Waals surface area contributed by atoms with E-state index in [2.05, 4.69) is 10.4 Å². The van der Waals surface area contributed by atoms with E-state index in [1.807, 2.05) is 38.2 Å². The van der Waals surface area contributed by atoms with Gasteiger partial charge in [-0.1, -0.05) is 12.1 Å². The third kappa shape index (κ3) is 3.47. The number of benzene rings is 1. The highest BCUT2D eigenvalue weighted by atomic mass is 16.5. The van der Waals surface area contributed by atoms with Crippen LogP contribution in [0.25, 0.3) is 6.08 Å². The topological polar surface area (TPSA) is 56.1 Å². The van der Waals surface area contributed by atoms with Crippen LogP contribution in [0.2, 0.25) is 0 Å². The number of aryl methyl sites for hydroxylation is 2. The average Bonchev–Trinajstić information content (AvgIpc) is 2.75. The van der Waals surface area contributed by atoms with Crippen LogP contribution in [0, 0.1) is 6.92 Å². The minimum absolute atomic E-state index is 0.183. The Balaban J connectivity index is 1.99. The number of methoxy groups -OCH3 is 1. The molecule has 1 heterocycles. The molecule has 0 aliphatic heterocycles. The SMILES string of the molecule is COc1ccc(/C=C/C(=O)Nc2cn(C)nc2C)cc1. The van der Waals surface area contributed by atoms with Gasteiger partial charge in [-0.2, -0.15) is 5.10 Å². The Bertz CT molecular complexity index is 627. The Kier molecular flexibility index (Phi) is 4.20. The molecule has 0 unspecified atom stereocenters. The van der Waals surface area contributed by atoms with Crippen LogP contribution in [0.1, 0.15) is 11.3 Å². The number of carbonyl (C=O) groups is 1. The molecule has 0 aliphatic rings. The number of nitrogens with zero attached hydrogens (tertiary/aromatic N) is 2. The molecule has 0 saturated carbocycles. The third-order valence-electron chi connectivity index (χ3n) is 2.81. The zero-order valence-electron chi connectivity index (χ0n) is 11.8. The van der Waals surface area contributed by atoms with E-state index in [4.69, 9.17) is 4.74 Å². The fourth-order valence-electron chi connectivity index (χ4n) is 1.78. The monoisotopic (exact) mass is 271 g/mol. The Morgan fingerprint density at radius 3 is 2.60 bits per heavy atom. The lowest BCUT2D eigenvalue weighted by molar-refractivity contribution is -0.111. The molecule has 0 radical (unpaired) electrons. The number of amides is 1. The molecule has 20 heavy (non-hydrogen) atoms. The summed E-state index contributed by atoms with van der Waals surface area (Å²) in [4.78, 5) is 11.8. The second-order valence-electron chi connectivity index (χ2n) is 4.40. The summed E-state index contributed by atoms with van der Waals surface area (Å²) in [5.74, 6) is 0.606. The van der Waals surface area contributed by atoms with Crippen molar-refractivity contribution in [3.63, 3.8) is 0 Å². The largest absolute Gasteiger partial charge is 0.497 e. The molecular formula is C15H17N3O2. The van der Waals surface area contributed by atoms with Crippen LogP contribution in [0.3, 0.4) is 0 Å². The van der Waals surface area contributed by atoms with Crippen molar-refractivity contribution in [3.05, 3.63) is 47.8 Å². The van der Waals surface area contributed by atoms with E-state index in [9.17, 15) is 4.79 Å². The first-order chi connectivity index (χ1) is 9.58. The van der Waals surface area contributed by atoms with Gasteiger partial charge in [0.05, 0.1) is 18.5 Å². The van der Waals surface area contributed by atoms with Gasteiger partial charge in [0.2, 0.25) is 5.91 Å². The molecule has 2 aromatic rings. The minimum atomic E-state index is -0.183. The van der Waals surface area contributed by atoms with Gasteiger partial charge in [-0.15, -0.1) is 0 Å². The zero-order valence-corrected chi connectivity index (χ0v) is 11.8. The van der Waals surface area contributed by atoms with Gasteiger partial charge >= 0.3 is 0 Å². The maximum absolute atomic E-state index is 11.8. The first-order valence-electron chi connectivity index (χ1n) is 6.22. The molecule has 1 aromatic carbocycles. The first kappa shape index (κ1) is 13.9. The average molecular weight is 271 g/mol. The summed E-state index contributed by atoms with van der Waals surface area (Å²) in [7, 11) is 3.43. The van der Waals surface area contributed by atoms with E-state index in [0.717, 1.165) is 22.7 Å². The van der Waals surface area contributed by atoms with E-state index in [0.29, 0.717) is 0 Å². The number of anilines is 1. The van der Waals surface area contributed by atoms with Crippen molar-refractivity contribution in [1.82, 2.24) is 9.78 Å². The van der Waals surface area contributed by atoms with Crippen molar-refractivity contribution < 1.29 is 9.53 Å². The molecule has 1 N–H and O–H groups in total. The summed E-state index contributed by atoms with van der Waals surface area (Å²) >= 11 is 0. The zero-order chi connectivity index (χ0) is 14.5. The second-order valence-corrected chi connectivity index (χ2v) is 4.40. The fourth-order valence-corrected chi connectivity index (χ4v) is 1.78. The predicted octanol–water partition coefficient (Wildman–Crippen LogP) is 2.39. The number of aromatic nitrogens is 2. The Morgan fingerprint density at radius 1 is 1.35 bits per heavy atom. The lowest BCUT2D eigenvalue weighted by Gasteiger charge is -2.00. The quantitative estimate of drug-likeness (QED) is 0.869. The van der Waals surface area contributed by atoms with Gasteiger partial charge in [-0.3, -0.25) is 9.48 Å². The van der Waals surface area contributed by atoms with Gasteiger partial charge in [-0.05, 0) is 30.7 Å². The molecule has 0 bridgehead atoms. The van der Waals surface area contributed by atoms with Crippen molar-refractivity contribution in [1.29, 1.82) is 0 Å². The van der Waals surface area contributed by atoms with E-state index in [1.165, 1.54) is 6.08 Å². The van der Waals surface area contributed by atoms with E-state index < -0.39 is 0 Å². The molecule has 2 rings (SSSR count). The number of rotatable bonds is 4. The van der Waals surface area contributed by atoms with E-state index >= 15 is 0 Å². The van der Waals surface area contributed by atoms with Crippen LogP contribution in [-0.4, -0.2) is 22.8 Å². The van der Waals surface area contributed by atoms with Gasteiger partial charge in [0.25, 0.3) is 0 Å². The van der Waals surface area contributed by atoms with Crippen LogP contribution in [0.15, 0.2) is 36.5 Å². The molecular weight excluding hydrogens is 254 g/mol. The fraction of sp³-hybridized carbons (Fsp3) is 0.200. The van der Waals surface area contributed by atoms with E-state index in [1.54, 1.807) is 24.1 Å². The number of nitrogens with one attached hydrogen (secondary N) is 1. The molecule has 104 valence electrons. The van der Waals surface area contributed by atoms with Crippen molar-refractivity contribution in [3.8, 4) is 5.75 Å². The molecule has 0 spiro atoms. The number of hydrogen-bond acceptors (Lipinski definition) is 3. The molecule has 0 fully saturated rings. The molecule has 5 heteroatoms. The van der Waals surface area contributed by atoms with Crippen molar-refractivity contribution in [2.24, 2.45) is 7.05 Å². The van der Waals surface area contributed by atoms with Crippen LogP contribution in [0.4, 0.5) is 5.69 Å². The lowest BCUT2D eigenvalue weighted by Crippen LogP contribution is -2.07. The Hall–Kier alpha value is -2.56. The highest BCUT2D eigenvalue weighted by Crippen LogP contribution is 2.13. The van der Waals surface area contributed by atoms with Gasteiger partial charge in [-0.25, -0.2) is 0 Å². The van der Waals surface area contributed by atoms with Gasteiger partial charge < -0.3 is 10.1 Å². The highest BCUT2D eigenvalue weighted by Gasteiger charge is 2.04. The van der Waals surface area contributed by atoms with Crippen LogP contribution < -0.4 is 10.1 Å². The predicted molar refractivity (Wildman–Crippen MR) is 78.6 cm³/mol. The summed E-state index contributed by atoms with van der Waals surface area (Å²) in [5.41, 5.74) is 2.44. The maximum atomic E-state index is 11.8. The summed E-state index contributed by atoms with van der Waals surface area (Å²) in [6.45, 7) is 1.85. The van der Waals surface area contributed by atoms with Gasteiger partial charge in [0.15, 0.2) is 0 Å². The number of ether oxygens (including phenoxy) is 1. The van der Waals surface area contributed by atoms with E-state index in [-0.39, 0.29) is 5.91 Å².